The zero-order valence-electron chi connectivity index (χ0n) is 14.3. The number of Topliss-reactive ketones (excluding diaryl/α,β-unsaturated/α-hetero) is 1. The molecular formula is C21H20N4O. The number of nitrogens with one attached hydrogen (secondary N) is 2. The fraction of sp³-hybridized carbons (Fsp3) is 0.143. The van der Waals surface area contributed by atoms with E-state index in [1.54, 1.807) is 18.7 Å². The van der Waals surface area contributed by atoms with Crippen LogP contribution in [0, 0.1) is 0 Å². The highest BCUT2D eigenvalue weighted by Crippen LogP contribution is 2.24. The molecule has 4 aromatic rings. The Hall–Kier alpha value is -3.18. The van der Waals surface area contributed by atoms with Crippen molar-refractivity contribution in [1.29, 1.82) is 0 Å². The molecule has 4 rings (SSSR count). The van der Waals surface area contributed by atoms with Crippen molar-refractivity contribution in [2.24, 2.45) is 0 Å². The number of H-pyrrole nitrogens is 1. The van der Waals surface area contributed by atoms with Crippen LogP contribution in [0.3, 0.4) is 0 Å². The van der Waals surface area contributed by atoms with Crippen molar-refractivity contribution in [3.8, 4) is 0 Å². The van der Waals surface area contributed by atoms with E-state index in [4.69, 9.17) is 0 Å². The van der Waals surface area contributed by atoms with Gasteiger partial charge in [-0.05, 0) is 11.6 Å². The van der Waals surface area contributed by atoms with Gasteiger partial charge < -0.3 is 14.9 Å². The number of hydrogen-bond acceptors (Lipinski definition) is 3. The van der Waals surface area contributed by atoms with Crippen LogP contribution in [0.5, 0.6) is 0 Å². The van der Waals surface area contributed by atoms with Gasteiger partial charge in [0.05, 0.1) is 12.4 Å². The molecule has 0 spiro atoms. The Morgan fingerprint density at radius 1 is 1.12 bits per heavy atom. The first-order valence-electron chi connectivity index (χ1n) is 8.67. The molecule has 0 saturated carbocycles. The number of benzene rings is 2. The van der Waals surface area contributed by atoms with E-state index in [1.807, 2.05) is 65.4 Å². The van der Waals surface area contributed by atoms with Crippen LogP contribution in [0.2, 0.25) is 0 Å². The highest BCUT2D eigenvalue weighted by atomic mass is 16.1. The van der Waals surface area contributed by atoms with Crippen LogP contribution in [0.15, 0.2) is 79.5 Å². The lowest BCUT2D eigenvalue weighted by atomic mass is 9.97. The van der Waals surface area contributed by atoms with Crippen LogP contribution >= 0.6 is 0 Å². The first-order valence-corrected chi connectivity index (χ1v) is 8.67. The Labute approximate surface area is 151 Å². The van der Waals surface area contributed by atoms with E-state index in [0.29, 0.717) is 12.1 Å². The number of aromatic amines is 1. The van der Waals surface area contributed by atoms with Crippen LogP contribution in [0.1, 0.15) is 22.0 Å². The lowest BCUT2D eigenvalue weighted by molar-refractivity contribution is 0.0944. The van der Waals surface area contributed by atoms with Gasteiger partial charge in [-0.2, -0.15) is 0 Å². The first kappa shape index (κ1) is 16.3. The minimum Gasteiger partial charge on any atom is -0.360 e. The molecule has 0 bridgehead atoms. The molecule has 1 atom stereocenters. The summed E-state index contributed by atoms with van der Waals surface area (Å²) in [5.41, 5.74) is 2.65. The summed E-state index contributed by atoms with van der Waals surface area (Å²) in [6.07, 6.45) is 7.26. The summed E-state index contributed by atoms with van der Waals surface area (Å²) in [7, 11) is 0. The molecule has 0 aliphatic rings. The average Bonchev–Trinajstić information content (AvgIpc) is 3.35. The summed E-state index contributed by atoms with van der Waals surface area (Å²) in [6.45, 7) is 1.43. The highest BCUT2D eigenvalue weighted by Gasteiger charge is 2.23. The van der Waals surface area contributed by atoms with Gasteiger partial charge in [0.2, 0.25) is 0 Å². The predicted octanol–water partition coefficient (Wildman–Crippen LogP) is 3.58. The SMILES string of the molecule is O=C(c1c[nH]c2ccccc12)[C@@H](NCCn1ccnc1)c1ccccc1. The maximum atomic E-state index is 13.3. The number of carbonyl (C=O) groups excluding carboxylic acids is 1. The maximum absolute atomic E-state index is 13.3. The number of hydrogen-bond donors (Lipinski definition) is 2. The molecule has 5 nitrogen and oxygen atoms in total. The molecule has 0 aliphatic heterocycles. The Morgan fingerprint density at radius 2 is 1.92 bits per heavy atom. The number of nitrogens with zero attached hydrogens (tertiary/aromatic N) is 2. The van der Waals surface area contributed by atoms with Crippen LogP contribution in [-0.4, -0.2) is 26.9 Å². The van der Waals surface area contributed by atoms with E-state index in [0.717, 1.165) is 23.0 Å². The zero-order valence-corrected chi connectivity index (χ0v) is 14.3. The fourth-order valence-corrected chi connectivity index (χ4v) is 3.20. The molecule has 26 heavy (non-hydrogen) atoms. The minimum absolute atomic E-state index is 0.0688. The van der Waals surface area contributed by atoms with Crippen LogP contribution in [0.25, 0.3) is 10.9 Å². The molecule has 0 radical (unpaired) electrons. The van der Waals surface area contributed by atoms with Crippen molar-refractivity contribution in [2.45, 2.75) is 12.6 Å². The lowest BCUT2D eigenvalue weighted by Crippen LogP contribution is -2.31. The Bertz CT molecular complexity index is 989. The van der Waals surface area contributed by atoms with Gasteiger partial charge in [-0.1, -0.05) is 48.5 Å². The van der Waals surface area contributed by atoms with Crippen LogP contribution in [-0.2, 0) is 6.54 Å². The second-order valence-electron chi connectivity index (χ2n) is 6.21. The maximum Gasteiger partial charge on any atom is 0.186 e. The molecule has 0 unspecified atom stereocenters. The largest absolute Gasteiger partial charge is 0.360 e. The smallest absolute Gasteiger partial charge is 0.186 e. The number of fused-ring (bicyclic) bond motifs is 1. The number of imidazole rings is 1. The molecule has 2 aromatic carbocycles. The molecule has 2 heterocycles. The molecule has 0 fully saturated rings. The first-order chi connectivity index (χ1) is 12.8. The minimum atomic E-state index is -0.390. The van der Waals surface area contributed by atoms with Crippen molar-refractivity contribution < 1.29 is 4.79 Å². The molecule has 0 amide bonds. The van der Waals surface area contributed by atoms with Crippen molar-refractivity contribution in [3.05, 3.63) is 90.6 Å². The highest BCUT2D eigenvalue weighted by molar-refractivity contribution is 6.10. The number of ketones is 1. The van der Waals surface area contributed by atoms with Crippen LogP contribution in [0.4, 0.5) is 0 Å². The van der Waals surface area contributed by atoms with Crippen molar-refractivity contribution in [2.75, 3.05) is 6.54 Å². The number of carbonyl (C=O) groups is 1. The Kier molecular flexibility index (Phi) is 4.62. The quantitative estimate of drug-likeness (QED) is 0.504. The molecule has 130 valence electrons. The summed E-state index contributed by atoms with van der Waals surface area (Å²) in [5.74, 6) is 0.0688. The Morgan fingerprint density at radius 3 is 2.73 bits per heavy atom. The molecule has 0 aliphatic carbocycles. The Balaban J connectivity index is 1.60. The summed E-state index contributed by atoms with van der Waals surface area (Å²) < 4.78 is 1.99. The van der Waals surface area contributed by atoms with Gasteiger partial charge in [0.15, 0.2) is 5.78 Å². The third-order valence-corrected chi connectivity index (χ3v) is 4.53. The van der Waals surface area contributed by atoms with Crippen molar-refractivity contribution in [3.63, 3.8) is 0 Å². The third-order valence-electron chi connectivity index (χ3n) is 4.53. The second kappa shape index (κ2) is 7.37. The monoisotopic (exact) mass is 344 g/mol. The van der Waals surface area contributed by atoms with Gasteiger partial charge in [-0.25, -0.2) is 4.98 Å². The predicted molar refractivity (Wildman–Crippen MR) is 102 cm³/mol. The lowest BCUT2D eigenvalue weighted by Gasteiger charge is -2.18. The van der Waals surface area contributed by atoms with E-state index < -0.39 is 0 Å². The number of para-hydroxylation sites is 1. The van der Waals surface area contributed by atoms with Gasteiger partial charge in [0, 0.05) is 48.1 Å². The fourth-order valence-electron chi connectivity index (χ4n) is 3.20. The summed E-state index contributed by atoms with van der Waals surface area (Å²) in [4.78, 5) is 20.6. The van der Waals surface area contributed by atoms with Gasteiger partial charge in [-0.15, -0.1) is 0 Å². The molecular weight excluding hydrogens is 324 g/mol. The van der Waals surface area contributed by atoms with Gasteiger partial charge in [0.25, 0.3) is 0 Å². The molecule has 5 heteroatoms. The van der Waals surface area contributed by atoms with Crippen LogP contribution < -0.4 is 5.32 Å². The third kappa shape index (κ3) is 3.30. The molecule has 0 saturated heterocycles. The van der Waals surface area contributed by atoms with E-state index in [9.17, 15) is 4.79 Å². The normalized spacial score (nSPS) is 12.3. The van der Waals surface area contributed by atoms with Crippen molar-refractivity contribution in [1.82, 2.24) is 19.9 Å². The van der Waals surface area contributed by atoms with E-state index in [1.165, 1.54) is 0 Å². The average molecular weight is 344 g/mol. The zero-order chi connectivity index (χ0) is 17.8. The van der Waals surface area contributed by atoms with Gasteiger partial charge in [-0.3, -0.25) is 4.79 Å². The van der Waals surface area contributed by atoms with Gasteiger partial charge in [0.1, 0.15) is 0 Å². The standard InChI is InChI=1S/C21H20N4O/c26-21(18-14-24-19-9-5-4-8-17(18)19)20(16-6-2-1-3-7-16)23-11-13-25-12-10-22-15-25/h1-10,12,14-15,20,23-24H,11,13H2/t20-/m0/s1. The summed E-state index contributed by atoms with van der Waals surface area (Å²) in [6, 6.07) is 17.3. The summed E-state index contributed by atoms with van der Waals surface area (Å²) in [5, 5.41) is 4.37. The van der Waals surface area contributed by atoms with Gasteiger partial charge >= 0.3 is 0 Å². The van der Waals surface area contributed by atoms with E-state index in [-0.39, 0.29) is 11.8 Å². The van der Waals surface area contributed by atoms with E-state index in [2.05, 4.69) is 15.3 Å². The van der Waals surface area contributed by atoms with E-state index >= 15 is 0 Å². The second-order valence-corrected chi connectivity index (χ2v) is 6.21. The molecule has 2 aromatic heterocycles. The molecule has 2 N–H and O–H groups in total. The number of rotatable bonds is 7. The summed E-state index contributed by atoms with van der Waals surface area (Å²) >= 11 is 0. The number of aromatic nitrogens is 3. The van der Waals surface area contributed by atoms with Crippen molar-refractivity contribution >= 4 is 16.7 Å². The topological polar surface area (TPSA) is 62.7 Å².